The largest absolute Gasteiger partial charge is 0.493 e. The van der Waals surface area contributed by atoms with Gasteiger partial charge in [0.15, 0.2) is 0 Å². The number of benzene rings is 2. The molecule has 3 rings (SSSR count). The van der Waals surface area contributed by atoms with E-state index in [0.717, 1.165) is 28.3 Å². The van der Waals surface area contributed by atoms with E-state index in [9.17, 15) is 4.79 Å². The second kappa shape index (κ2) is 6.16. The molecule has 0 atom stereocenters. The van der Waals surface area contributed by atoms with Crippen LogP contribution < -0.4 is 4.74 Å². The molecule has 1 aromatic heterocycles. The fourth-order valence-electron chi connectivity index (χ4n) is 2.45. The Balaban J connectivity index is 2.29. The molecule has 1 heterocycles. The number of halogens is 1. The van der Waals surface area contributed by atoms with Gasteiger partial charge in [0.2, 0.25) is 0 Å². The van der Waals surface area contributed by atoms with E-state index < -0.39 is 0 Å². The molecule has 0 aliphatic heterocycles. The maximum absolute atomic E-state index is 11.0. The minimum absolute atomic E-state index is 0.426. The molecular formula is C18H14ClNO2. The van der Waals surface area contributed by atoms with Gasteiger partial charge in [0, 0.05) is 16.5 Å². The number of carbonyl (C=O) groups is 1. The standard InChI is InChI=1S/C18H14ClNO2/c1-2-22-16-9-12(11-21)7-8-15(16)18-14-6-4-3-5-13(14)10-17(19)20-18/h3-11H,2H2,1H3. The van der Waals surface area contributed by atoms with Gasteiger partial charge in [-0.3, -0.25) is 4.79 Å². The molecule has 0 radical (unpaired) electrons. The summed E-state index contributed by atoms with van der Waals surface area (Å²) >= 11 is 6.15. The van der Waals surface area contributed by atoms with Crippen LogP contribution in [0.1, 0.15) is 17.3 Å². The third-order valence-corrected chi connectivity index (χ3v) is 3.60. The second-order valence-corrected chi connectivity index (χ2v) is 5.21. The molecule has 22 heavy (non-hydrogen) atoms. The van der Waals surface area contributed by atoms with Gasteiger partial charge in [0.05, 0.1) is 12.3 Å². The summed E-state index contributed by atoms with van der Waals surface area (Å²) in [6, 6.07) is 15.1. The molecule has 0 saturated heterocycles. The summed E-state index contributed by atoms with van der Waals surface area (Å²) in [5.41, 5.74) is 2.15. The molecule has 0 N–H and O–H groups in total. The van der Waals surface area contributed by atoms with Crippen molar-refractivity contribution in [1.29, 1.82) is 0 Å². The highest BCUT2D eigenvalue weighted by Gasteiger charge is 2.13. The number of pyridine rings is 1. The maximum Gasteiger partial charge on any atom is 0.150 e. The molecule has 0 bridgehead atoms. The highest BCUT2D eigenvalue weighted by molar-refractivity contribution is 6.30. The summed E-state index contributed by atoms with van der Waals surface area (Å²) in [6.45, 7) is 2.41. The van der Waals surface area contributed by atoms with Gasteiger partial charge in [0.25, 0.3) is 0 Å². The normalized spacial score (nSPS) is 10.6. The molecule has 4 heteroatoms. The van der Waals surface area contributed by atoms with E-state index in [1.165, 1.54) is 0 Å². The van der Waals surface area contributed by atoms with Crippen molar-refractivity contribution >= 4 is 28.7 Å². The monoisotopic (exact) mass is 311 g/mol. The SMILES string of the molecule is CCOc1cc(C=O)ccc1-c1nc(Cl)cc2ccccc12. The third kappa shape index (κ3) is 2.68. The first-order valence-corrected chi connectivity index (χ1v) is 7.38. The number of hydrogen-bond acceptors (Lipinski definition) is 3. The van der Waals surface area contributed by atoms with Gasteiger partial charge in [-0.05, 0) is 30.5 Å². The number of aromatic nitrogens is 1. The zero-order valence-electron chi connectivity index (χ0n) is 12.0. The first-order valence-electron chi connectivity index (χ1n) is 7.00. The van der Waals surface area contributed by atoms with Crippen molar-refractivity contribution < 1.29 is 9.53 Å². The fourth-order valence-corrected chi connectivity index (χ4v) is 2.66. The van der Waals surface area contributed by atoms with Crippen LogP contribution in [0.25, 0.3) is 22.0 Å². The van der Waals surface area contributed by atoms with Gasteiger partial charge < -0.3 is 4.74 Å². The highest BCUT2D eigenvalue weighted by atomic mass is 35.5. The average molecular weight is 312 g/mol. The van der Waals surface area contributed by atoms with Gasteiger partial charge >= 0.3 is 0 Å². The number of hydrogen-bond donors (Lipinski definition) is 0. The van der Waals surface area contributed by atoms with Crippen molar-refractivity contribution in [2.75, 3.05) is 6.61 Å². The summed E-state index contributed by atoms with van der Waals surface area (Å²) < 4.78 is 5.68. The first kappa shape index (κ1) is 14.5. The van der Waals surface area contributed by atoms with Crippen molar-refractivity contribution in [1.82, 2.24) is 4.98 Å². The lowest BCUT2D eigenvalue weighted by Crippen LogP contribution is -1.97. The van der Waals surface area contributed by atoms with Gasteiger partial charge in [-0.15, -0.1) is 0 Å². The summed E-state index contributed by atoms with van der Waals surface area (Å²) in [7, 11) is 0. The minimum atomic E-state index is 0.426. The maximum atomic E-state index is 11.0. The summed E-state index contributed by atoms with van der Waals surface area (Å²) in [5, 5.41) is 2.43. The molecule has 0 amide bonds. The summed E-state index contributed by atoms with van der Waals surface area (Å²) in [4.78, 5) is 15.5. The second-order valence-electron chi connectivity index (χ2n) is 4.82. The predicted molar refractivity (Wildman–Crippen MR) is 88.7 cm³/mol. The number of rotatable bonds is 4. The van der Waals surface area contributed by atoms with Crippen LogP contribution in [-0.4, -0.2) is 17.9 Å². The lowest BCUT2D eigenvalue weighted by Gasteiger charge is -2.13. The Morgan fingerprint density at radius 2 is 2.00 bits per heavy atom. The van der Waals surface area contributed by atoms with Crippen LogP contribution in [-0.2, 0) is 0 Å². The Labute approximate surface area is 133 Å². The van der Waals surface area contributed by atoms with Crippen LogP contribution in [0, 0.1) is 0 Å². The van der Waals surface area contributed by atoms with E-state index in [4.69, 9.17) is 16.3 Å². The Morgan fingerprint density at radius 1 is 1.18 bits per heavy atom. The quantitative estimate of drug-likeness (QED) is 0.515. The van der Waals surface area contributed by atoms with E-state index in [-0.39, 0.29) is 0 Å². The van der Waals surface area contributed by atoms with E-state index in [2.05, 4.69) is 4.98 Å². The van der Waals surface area contributed by atoms with Crippen LogP contribution in [0.3, 0.4) is 0 Å². The van der Waals surface area contributed by atoms with Gasteiger partial charge in [-0.1, -0.05) is 41.9 Å². The average Bonchev–Trinajstić information content (AvgIpc) is 2.54. The van der Waals surface area contributed by atoms with Gasteiger partial charge in [-0.25, -0.2) is 4.98 Å². The Kier molecular flexibility index (Phi) is 4.07. The first-order chi connectivity index (χ1) is 10.7. The van der Waals surface area contributed by atoms with Crippen LogP contribution in [0.4, 0.5) is 0 Å². The lowest BCUT2D eigenvalue weighted by molar-refractivity contribution is 0.112. The zero-order valence-corrected chi connectivity index (χ0v) is 12.8. The summed E-state index contributed by atoms with van der Waals surface area (Å²) in [6.07, 6.45) is 0.801. The van der Waals surface area contributed by atoms with E-state index in [1.54, 1.807) is 12.1 Å². The van der Waals surface area contributed by atoms with E-state index >= 15 is 0 Å². The molecule has 0 saturated carbocycles. The molecule has 0 fully saturated rings. The molecule has 0 spiro atoms. The van der Waals surface area contributed by atoms with Crippen molar-refractivity contribution in [2.24, 2.45) is 0 Å². The topological polar surface area (TPSA) is 39.2 Å². The number of ether oxygens (including phenoxy) is 1. The van der Waals surface area contributed by atoms with Crippen molar-refractivity contribution in [3.05, 3.63) is 59.2 Å². The molecular weight excluding hydrogens is 298 g/mol. The molecule has 0 aliphatic rings. The van der Waals surface area contributed by atoms with Crippen LogP contribution >= 0.6 is 11.6 Å². The van der Waals surface area contributed by atoms with Gasteiger partial charge in [-0.2, -0.15) is 0 Å². The van der Waals surface area contributed by atoms with Crippen molar-refractivity contribution in [3.63, 3.8) is 0 Å². The zero-order chi connectivity index (χ0) is 15.5. The fraction of sp³-hybridized carbons (Fsp3) is 0.111. The number of nitrogens with zero attached hydrogens (tertiary/aromatic N) is 1. The van der Waals surface area contributed by atoms with E-state index in [1.807, 2.05) is 43.3 Å². The number of fused-ring (bicyclic) bond motifs is 1. The van der Waals surface area contributed by atoms with Gasteiger partial charge in [0.1, 0.15) is 17.2 Å². The number of carbonyl (C=O) groups excluding carboxylic acids is 1. The summed E-state index contributed by atoms with van der Waals surface area (Å²) in [5.74, 6) is 0.631. The number of aldehydes is 1. The smallest absolute Gasteiger partial charge is 0.150 e. The van der Waals surface area contributed by atoms with E-state index in [0.29, 0.717) is 23.1 Å². The molecule has 0 aliphatic carbocycles. The molecule has 3 nitrogen and oxygen atoms in total. The molecule has 2 aromatic carbocycles. The minimum Gasteiger partial charge on any atom is -0.493 e. The molecule has 110 valence electrons. The lowest BCUT2D eigenvalue weighted by atomic mass is 10.0. The van der Waals surface area contributed by atoms with Crippen LogP contribution in [0.15, 0.2) is 48.5 Å². The Morgan fingerprint density at radius 3 is 2.77 bits per heavy atom. The van der Waals surface area contributed by atoms with Crippen molar-refractivity contribution in [3.8, 4) is 17.0 Å². The van der Waals surface area contributed by atoms with Crippen molar-refractivity contribution in [2.45, 2.75) is 6.92 Å². The van der Waals surface area contributed by atoms with Crippen LogP contribution in [0.2, 0.25) is 5.15 Å². The Bertz CT molecular complexity index is 846. The molecule has 0 unspecified atom stereocenters. The van der Waals surface area contributed by atoms with Crippen LogP contribution in [0.5, 0.6) is 5.75 Å². The highest BCUT2D eigenvalue weighted by Crippen LogP contribution is 2.35. The molecule has 3 aromatic rings. The Hall–Kier alpha value is -2.39. The third-order valence-electron chi connectivity index (χ3n) is 3.41. The predicted octanol–water partition coefficient (Wildman–Crippen LogP) is 4.77.